The zero-order valence-electron chi connectivity index (χ0n) is 13.6. The first-order valence-corrected chi connectivity index (χ1v) is 9.23. The van der Waals surface area contributed by atoms with E-state index in [4.69, 9.17) is 18.1 Å². The second-order valence-corrected chi connectivity index (χ2v) is 6.61. The molecule has 0 saturated heterocycles. The van der Waals surface area contributed by atoms with Crippen molar-refractivity contribution in [2.75, 3.05) is 26.3 Å². The number of carbonyl (C=O) groups is 1. The fourth-order valence-corrected chi connectivity index (χ4v) is 3.79. The number of carbonyl (C=O) groups excluding carboxylic acids is 1. The molecular weight excluding hydrogens is 278 g/mol. The number of primary amides is 2. The molecular formula is C12H31N3O4Si. The van der Waals surface area contributed by atoms with E-state index in [1.165, 1.54) is 0 Å². The number of hydrogen-bond acceptors (Lipinski definition) is 5. The van der Waals surface area contributed by atoms with E-state index in [0.29, 0.717) is 13.2 Å². The maximum Gasteiger partial charge on any atom is 0.498 e. The molecule has 0 bridgehead atoms. The van der Waals surface area contributed by atoms with Gasteiger partial charge in [-0.1, -0.05) is 13.8 Å². The van der Waals surface area contributed by atoms with Crippen molar-refractivity contribution in [2.45, 2.75) is 47.4 Å². The van der Waals surface area contributed by atoms with Crippen molar-refractivity contribution in [3.63, 3.8) is 0 Å². The summed E-state index contributed by atoms with van der Waals surface area (Å²) in [5.41, 5.74) is 8.50. The van der Waals surface area contributed by atoms with E-state index in [0.717, 1.165) is 13.1 Å². The van der Waals surface area contributed by atoms with Crippen LogP contribution in [0.1, 0.15) is 34.6 Å². The van der Waals surface area contributed by atoms with Crippen LogP contribution in [0.25, 0.3) is 0 Å². The van der Waals surface area contributed by atoms with Crippen molar-refractivity contribution in [1.29, 1.82) is 0 Å². The standard InChI is InChI=1S/C11H27NO3Si.CH4N2O/c1-7-12(8-2)11(5)15-16(6,13-9-3)14-10-4;2-1(3)4/h11H,7-10H2,1-6H3;(H4,2,3,4). The molecule has 122 valence electrons. The summed E-state index contributed by atoms with van der Waals surface area (Å²) in [4.78, 5) is 11.2. The average molecular weight is 309 g/mol. The van der Waals surface area contributed by atoms with Gasteiger partial charge in [-0.15, -0.1) is 0 Å². The second kappa shape index (κ2) is 12.1. The van der Waals surface area contributed by atoms with Crippen molar-refractivity contribution >= 4 is 14.8 Å². The zero-order valence-corrected chi connectivity index (χ0v) is 14.6. The fourth-order valence-electron chi connectivity index (χ4n) is 1.76. The van der Waals surface area contributed by atoms with Crippen LogP contribution in [-0.4, -0.2) is 52.3 Å². The molecule has 0 saturated carbocycles. The van der Waals surface area contributed by atoms with Gasteiger partial charge in [-0.2, -0.15) is 0 Å². The number of amides is 2. The summed E-state index contributed by atoms with van der Waals surface area (Å²) >= 11 is 0. The highest BCUT2D eigenvalue weighted by Crippen LogP contribution is 2.14. The molecule has 0 aliphatic heterocycles. The fraction of sp³-hybridized carbons (Fsp3) is 0.917. The Hall–Kier alpha value is -0.673. The Morgan fingerprint density at radius 2 is 1.45 bits per heavy atom. The van der Waals surface area contributed by atoms with Crippen molar-refractivity contribution in [3.8, 4) is 0 Å². The molecule has 20 heavy (non-hydrogen) atoms. The molecule has 8 heteroatoms. The lowest BCUT2D eigenvalue weighted by Gasteiger charge is -2.33. The zero-order chi connectivity index (χ0) is 16.2. The minimum atomic E-state index is -2.45. The molecule has 1 unspecified atom stereocenters. The Kier molecular flexibility index (Phi) is 13.1. The molecule has 1 atom stereocenters. The van der Waals surface area contributed by atoms with Crippen LogP contribution >= 0.6 is 0 Å². The number of hydrogen-bond donors (Lipinski definition) is 2. The smallest absolute Gasteiger partial charge is 0.374 e. The highest BCUT2D eigenvalue weighted by atomic mass is 28.4. The van der Waals surface area contributed by atoms with Crippen LogP contribution in [0.3, 0.4) is 0 Å². The van der Waals surface area contributed by atoms with Gasteiger partial charge in [-0.25, -0.2) is 4.79 Å². The minimum Gasteiger partial charge on any atom is -0.374 e. The first-order valence-electron chi connectivity index (χ1n) is 7.00. The van der Waals surface area contributed by atoms with E-state index in [9.17, 15) is 0 Å². The van der Waals surface area contributed by atoms with E-state index in [2.05, 4.69) is 37.1 Å². The summed E-state index contributed by atoms with van der Waals surface area (Å²) in [6.07, 6.45) is 0.0461. The highest BCUT2D eigenvalue weighted by Gasteiger charge is 2.36. The van der Waals surface area contributed by atoms with Gasteiger partial charge in [-0.05, 0) is 33.9 Å². The summed E-state index contributed by atoms with van der Waals surface area (Å²) in [5.74, 6) is 0. The van der Waals surface area contributed by atoms with E-state index < -0.39 is 14.8 Å². The first kappa shape index (κ1) is 21.6. The third-order valence-electron chi connectivity index (χ3n) is 2.52. The molecule has 0 radical (unpaired) electrons. The Balaban J connectivity index is 0. The van der Waals surface area contributed by atoms with E-state index in [-0.39, 0.29) is 6.23 Å². The predicted octanol–water partition coefficient (Wildman–Crippen LogP) is 1.36. The molecule has 0 fully saturated rings. The van der Waals surface area contributed by atoms with Crippen LogP contribution < -0.4 is 11.5 Å². The third kappa shape index (κ3) is 11.2. The van der Waals surface area contributed by atoms with Gasteiger partial charge in [0.05, 0.1) is 0 Å². The molecule has 0 aliphatic rings. The van der Waals surface area contributed by atoms with Crippen molar-refractivity contribution in [2.24, 2.45) is 11.5 Å². The number of rotatable bonds is 9. The Morgan fingerprint density at radius 3 is 1.70 bits per heavy atom. The molecule has 0 rings (SSSR count). The van der Waals surface area contributed by atoms with Crippen LogP contribution in [0.15, 0.2) is 0 Å². The van der Waals surface area contributed by atoms with Gasteiger partial charge in [0.1, 0.15) is 6.23 Å². The normalized spacial score (nSPS) is 12.8. The first-order chi connectivity index (χ1) is 9.26. The van der Waals surface area contributed by atoms with Crippen LogP contribution in [0.2, 0.25) is 6.55 Å². The molecule has 0 spiro atoms. The summed E-state index contributed by atoms with van der Waals surface area (Å²) in [7, 11) is -2.45. The Bertz CT molecular complexity index is 243. The average Bonchev–Trinajstić information content (AvgIpc) is 2.29. The van der Waals surface area contributed by atoms with Gasteiger partial charge in [-0.3, -0.25) is 4.90 Å². The van der Waals surface area contributed by atoms with Gasteiger partial charge in [0.25, 0.3) is 0 Å². The number of urea groups is 1. The predicted molar refractivity (Wildman–Crippen MR) is 82.1 cm³/mol. The van der Waals surface area contributed by atoms with Gasteiger partial charge >= 0.3 is 14.8 Å². The molecule has 0 aromatic carbocycles. The van der Waals surface area contributed by atoms with Crippen molar-refractivity contribution < 1.29 is 18.1 Å². The van der Waals surface area contributed by atoms with Gasteiger partial charge in [0.15, 0.2) is 0 Å². The molecule has 2 amide bonds. The van der Waals surface area contributed by atoms with Crippen molar-refractivity contribution in [1.82, 2.24) is 4.90 Å². The molecule has 4 N–H and O–H groups in total. The monoisotopic (exact) mass is 309 g/mol. The quantitative estimate of drug-likeness (QED) is 0.495. The van der Waals surface area contributed by atoms with Crippen LogP contribution in [0, 0.1) is 0 Å². The van der Waals surface area contributed by atoms with Gasteiger partial charge in [0.2, 0.25) is 0 Å². The van der Waals surface area contributed by atoms with Gasteiger partial charge in [0, 0.05) is 19.8 Å². The summed E-state index contributed by atoms with van der Waals surface area (Å²) in [6, 6.07) is -0.833. The molecule has 0 aromatic heterocycles. The largest absolute Gasteiger partial charge is 0.498 e. The van der Waals surface area contributed by atoms with Crippen LogP contribution in [0.5, 0.6) is 0 Å². The number of nitrogens with two attached hydrogens (primary N) is 2. The van der Waals surface area contributed by atoms with Crippen LogP contribution in [-0.2, 0) is 13.3 Å². The third-order valence-corrected chi connectivity index (χ3v) is 4.92. The highest BCUT2D eigenvalue weighted by molar-refractivity contribution is 6.59. The van der Waals surface area contributed by atoms with Gasteiger partial charge < -0.3 is 24.7 Å². The SMILES string of the molecule is CCO[Si](C)(OCC)OC(C)N(CC)CC.NC(N)=O. The lowest BCUT2D eigenvalue weighted by Crippen LogP contribution is -2.49. The summed E-state index contributed by atoms with van der Waals surface area (Å²) in [5, 5.41) is 0. The maximum atomic E-state index is 9.00. The van der Waals surface area contributed by atoms with E-state index >= 15 is 0 Å². The number of nitrogens with zero attached hydrogens (tertiary/aromatic N) is 1. The van der Waals surface area contributed by atoms with Crippen molar-refractivity contribution in [3.05, 3.63) is 0 Å². The minimum absolute atomic E-state index is 0.0461. The molecule has 0 aliphatic carbocycles. The van der Waals surface area contributed by atoms with E-state index in [1.54, 1.807) is 0 Å². The lowest BCUT2D eigenvalue weighted by atomic mass is 10.5. The Morgan fingerprint density at radius 1 is 1.10 bits per heavy atom. The van der Waals surface area contributed by atoms with Crippen LogP contribution in [0.4, 0.5) is 4.79 Å². The maximum absolute atomic E-state index is 9.00. The summed E-state index contributed by atoms with van der Waals surface area (Å²) < 4.78 is 17.3. The second-order valence-electron chi connectivity index (χ2n) is 4.07. The lowest BCUT2D eigenvalue weighted by molar-refractivity contribution is -0.0265. The molecule has 0 heterocycles. The van der Waals surface area contributed by atoms with E-state index in [1.807, 2.05) is 20.4 Å². The molecule has 0 aromatic rings. The summed E-state index contributed by atoms with van der Waals surface area (Å²) in [6.45, 7) is 15.4. The molecule has 7 nitrogen and oxygen atoms in total. The topological polar surface area (TPSA) is 100 Å². The Labute approximate surface area is 123 Å².